The molecule has 2 aromatic carbocycles. The van der Waals surface area contributed by atoms with Crippen molar-refractivity contribution < 1.29 is 9.90 Å². The molecule has 3 rings (SSSR count). The molecule has 0 saturated carbocycles. The van der Waals surface area contributed by atoms with E-state index in [9.17, 15) is 9.90 Å². The zero-order valence-corrected chi connectivity index (χ0v) is 14.0. The van der Waals surface area contributed by atoms with Gasteiger partial charge in [0.05, 0.1) is 6.10 Å². The van der Waals surface area contributed by atoms with E-state index in [0.717, 1.165) is 11.1 Å². The molecule has 0 aliphatic carbocycles. The van der Waals surface area contributed by atoms with Gasteiger partial charge < -0.3 is 10.0 Å². The maximum absolute atomic E-state index is 12.5. The van der Waals surface area contributed by atoms with Crippen LogP contribution in [0.2, 0.25) is 10.0 Å². The van der Waals surface area contributed by atoms with Crippen molar-refractivity contribution in [2.75, 3.05) is 13.1 Å². The zero-order chi connectivity index (χ0) is 16.4. The Kier molecular flexibility index (Phi) is 4.90. The van der Waals surface area contributed by atoms with Crippen LogP contribution in [0.4, 0.5) is 0 Å². The number of carbonyl (C=O) groups is 1. The summed E-state index contributed by atoms with van der Waals surface area (Å²) in [5.74, 6) is 0.00702. The fourth-order valence-electron chi connectivity index (χ4n) is 2.78. The lowest BCUT2D eigenvalue weighted by Gasteiger charge is -2.29. The molecule has 1 aliphatic heterocycles. The molecule has 0 unspecified atom stereocenters. The summed E-state index contributed by atoms with van der Waals surface area (Å²) in [5.41, 5.74) is 2.53. The van der Waals surface area contributed by atoms with E-state index in [0.29, 0.717) is 41.5 Å². The Balaban J connectivity index is 1.77. The number of carbonyl (C=O) groups excluding carboxylic acids is 1. The van der Waals surface area contributed by atoms with E-state index in [2.05, 4.69) is 0 Å². The molecule has 1 aliphatic rings. The van der Waals surface area contributed by atoms with Gasteiger partial charge >= 0.3 is 0 Å². The zero-order valence-electron chi connectivity index (χ0n) is 12.5. The Morgan fingerprint density at radius 3 is 2.09 bits per heavy atom. The molecular weight excluding hydrogens is 333 g/mol. The highest BCUT2D eigenvalue weighted by atomic mass is 35.5. The topological polar surface area (TPSA) is 40.5 Å². The molecule has 0 radical (unpaired) electrons. The van der Waals surface area contributed by atoms with E-state index >= 15 is 0 Å². The summed E-state index contributed by atoms with van der Waals surface area (Å²) in [4.78, 5) is 14.3. The molecule has 3 nitrogen and oxygen atoms in total. The Labute approximate surface area is 145 Å². The average Bonchev–Trinajstić information content (AvgIpc) is 2.54. The maximum Gasteiger partial charge on any atom is 0.253 e. The van der Waals surface area contributed by atoms with Crippen LogP contribution in [0, 0.1) is 0 Å². The minimum absolute atomic E-state index is 0.00702. The lowest BCUT2D eigenvalue weighted by atomic mass is 10.0. The van der Waals surface area contributed by atoms with E-state index in [1.54, 1.807) is 11.0 Å². The van der Waals surface area contributed by atoms with Crippen molar-refractivity contribution in [3.63, 3.8) is 0 Å². The SMILES string of the molecule is O=C(c1ccc(-c2cc(Cl)cc(Cl)c2)cc1)N1CCC(O)CC1. The summed E-state index contributed by atoms with van der Waals surface area (Å²) < 4.78 is 0. The number of hydrogen-bond acceptors (Lipinski definition) is 2. The van der Waals surface area contributed by atoms with Crippen molar-refractivity contribution in [3.8, 4) is 11.1 Å². The summed E-state index contributed by atoms with van der Waals surface area (Å²) in [7, 11) is 0. The van der Waals surface area contributed by atoms with E-state index in [1.807, 2.05) is 36.4 Å². The van der Waals surface area contributed by atoms with Crippen LogP contribution in [-0.4, -0.2) is 35.1 Å². The number of amides is 1. The third kappa shape index (κ3) is 3.86. The summed E-state index contributed by atoms with van der Waals surface area (Å²) in [6.07, 6.45) is 1.00. The molecule has 1 fully saturated rings. The van der Waals surface area contributed by atoms with Crippen molar-refractivity contribution in [1.29, 1.82) is 0 Å². The molecule has 23 heavy (non-hydrogen) atoms. The number of halogens is 2. The largest absolute Gasteiger partial charge is 0.393 e. The first-order valence-corrected chi connectivity index (χ1v) is 8.32. The monoisotopic (exact) mass is 349 g/mol. The fraction of sp³-hybridized carbons (Fsp3) is 0.278. The van der Waals surface area contributed by atoms with Crippen molar-refractivity contribution in [1.82, 2.24) is 4.90 Å². The molecule has 5 heteroatoms. The molecule has 1 saturated heterocycles. The molecular formula is C18H17Cl2NO2. The highest BCUT2D eigenvalue weighted by Gasteiger charge is 2.22. The standard InChI is InChI=1S/C18H17Cl2NO2/c19-15-9-14(10-16(20)11-15)12-1-3-13(4-2-12)18(23)21-7-5-17(22)6-8-21/h1-4,9-11,17,22H,5-8H2. The van der Waals surface area contributed by atoms with E-state index in [4.69, 9.17) is 23.2 Å². The quantitative estimate of drug-likeness (QED) is 0.879. The van der Waals surface area contributed by atoms with E-state index in [1.165, 1.54) is 0 Å². The van der Waals surface area contributed by atoms with Gasteiger partial charge in [0, 0.05) is 28.7 Å². The first-order valence-electron chi connectivity index (χ1n) is 7.57. The highest BCUT2D eigenvalue weighted by Crippen LogP contribution is 2.27. The van der Waals surface area contributed by atoms with Gasteiger partial charge in [-0.05, 0) is 54.3 Å². The van der Waals surface area contributed by atoms with Crippen LogP contribution in [0.5, 0.6) is 0 Å². The van der Waals surface area contributed by atoms with Gasteiger partial charge in [0.1, 0.15) is 0 Å². The Morgan fingerprint density at radius 2 is 1.52 bits per heavy atom. The number of benzene rings is 2. The molecule has 0 aromatic heterocycles. The van der Waals surface area contributed by atoms with Crippen molar-refractivity contribution in [3.05, 3.63) is 58.1 Å². The first kappa shape index (κ1) is 16.3. The predicted octanol–water partition coefficient (Wildman–Crippen LogP) is 4.26. The van der Waals surface area contributed by atoms with Crippen LogP contribution in [-0.2, 0) is 0 Å². The minimum Gasteiger partial charge on any atom is -0.393 e. The van der Waals surface area contributed by atoms with E-state index in [-0.39, 0.29) is 12.0 Å². The third-order valence-electron chi connectivity index (χ3n) is 4.08. The summed E-state index contributed by atoms with van der Waals surface area (Å²) in [6.45, 7) is 1.21. The Hall–Kier alpha value is -1.55. The first-order chi connectivity index (χ1) is 11.0. The number of aliphatic hydroxyl groups is 1. The lowest BCUT2D eigenvalue weighted by Crippen LogP contribution is -2.40. The van der Waals surface area contributed by atoms with Crippen LogP contribution in [0.3, 0.4) is 0 Å². The molecule has 0 bridgehead atoms. The number of likely N-dealkylation sites (tertiary alicyclic amines) is 1. The van der Waals surface area contributed by atoms with Gasteiger partial charge in [-0.2, -0.15) is 0 Å². The Bertz CT molecular complexity index is 687. The molecule has 2 aromatic rings. The fourth-order valence-corrected chi connectivity index (χ4v) is 3.30. The van der Waals surface area contributed by atoms with Crippen molar-refractivity contribution in [2.24, 2.45) is 0 Å². The molecule has 1 heterocycles. The second-order valence-corrected chi connectivity index (χ2v) is 6.63. The third-order valence-corrected chi connectivity index (χ3v) is 4.52. The number of hydrogen-bond donors (Lipinski definition) is 1. The van der Waals surface area contributed by atoms with Crippen LogP contribution in [0.1, 0.15) is 23.2 Å². The second-order valence-electron chi connectivity index (χ2n) is 5.76. The van der Waals surface area contributed by atoms with Crippen LogP contribution >= 0.6 is 23.2 Å². The van der Waals surface area contributed by atoms with E-state index < -0.39 is 0 Å². The molecule has 1 N–H and O–H groups in total. The summed E-state index contributed by atoms with van der Waals surface area (Å²) in [6, 6.07) is 12.8. The molecule has 0 atom stereocenters. The summed E-state index contributed by atoms with van der Waals surface area (Å²) in [5, 5.41) is 10.7. The smallest absolute Gasteiger partial charge is 0.253 e. The lowest BCUT2D eigenvalue weighted by molar-refractivity contribution is 0.0546. The summed E-state index contributed by atoms with van der Waals surface area (Å²) >= 11 is 12.1. The van der Waals surface area contributed by atoms with Crippen molar-refractivity contribution >= 4 is 29.1 Å². The van der Waals surface area contributed by atoms with Gasteiger partial charge in [0.15, 0.2) is 0 Å². The highest BCUT2D eigenvalue weighted by molar-refractivity contribution is 6.35. The van der Waals surface area contributed by atoms with Crippen LogP contribution in [0.25, 0.3) is 11.1 Å². The minimum atomic E-state index is -0.283. The van der Waals surface area contributed by atoms with Gasteiger partial charge in [-0.25, -0.2) is 0 Å². The average molecular weight is 350 g/mol. The normalized spacial score (nSPS) is 15.7. The van der Waals surface area contributed by atoms with Crippen molar-refractivity contribution in [2.45, 2.75) is 18.9 Å². The number of rotatable bonds is 2. The number of nitrogens with zero attached hydrogens (tertiary/aromatic N) is 1. The van der Waals surface area contributed by atoms with Crippen LogP contribution in [0.15, 0.2) is 42.5 Å². The predicted molar refractivity (Wildman–Crippen MR) is 93.0 cm³/mol. The number of aliphatic hydroxyl groups excluding tert-OH is 1. The van der Waals surface area contributed by atoms with Gasteiger partial charge in [0.25, 0.3) is 5.91 Å². The molecule has 0 spiro atoms. The van der Waals surface area contributed by atoms with Gasteiger partial charge in [0.2, 0.25) is 0 Å². The molecule has 120 valence electrons. The number of piperidine rings is 1. The Morgan fingerprint density at radius 1 is 0.957 bits per heavy atom. The molecule has 1 amide bonds. The van der Waals surface area contributed by atoms with Gasteiger partial charge in [-0.1, -0.05) is 35.3 Å². The van der Waals surface area contributed by atoms with Gasteiger partial charge in [-0.3, -0.25) is 4.79 Å². The van der Waals surface area contributed by atoms with Crippen LogP contribution < -0.4 is 0 Å². The second kappa shape index (κ2) is 6.91. The maximum atomic E-state index is 12.5. The van der Waals surface area contributed by atoms with Gasteiger partial charge in [-0.15, -0.1) is 0 Å².